The number of nitrogens with zero attached hydrogens (tertiary/aromatic N) is 1. The highest BCUT2D eigenvalue weighted by molar-refractivity contribution is 7.92. The van der Waals surface area contributed by atoms with E-state index in [4.69, 9.17) is 5.26 Å². The molecule has 0 radical (unpaired) electrons. The molecule has 0 atom stereocenters. The van der Waals surface area contributed by atoms with Gasteiger partial charge in [-0.3, -0.25) is 4.79 Å². The Bertz CT molecular complexity index is 1020. The van der Waals surface area contributed by atoms with E-state index in [2.05, 4.69) is 10.1 Å². The van der Waals surface area contributed by atoms with Gasteiger partial charge in [-0.25, -0.2) is 8.42 Å². The number of carbonyl (C=O) groups is 1. The topological polar surface area (TPSA) is 96.3 Å². The van der Waals surface area contributed by atoms with Crippen molar-refractivity contribution < 1.29 is 31.1 Å². The van der Waals surface area contributed by atoms with Gasteiger partial charge in [0, 0.05) is 5.69 Å². The molecule has 0 aliphatic carbocycles. The smallest absolute Gasteiger partial charge is 0.422 e. The minimum Gasteiger partial charge on any atom is -0.483 e. The van der Waals surface area contributed by atoms with Crippen LogP contribution in [-0.2, 0) is 21.1 Å². The van der Waals surface area contributed by atoms with Crippen LogP contribution in [0.25, 0.3) is 0 Å². The molecule has 6 nitrogen and oxygen atoms in total. The molecule has 0 spiro atoms. The Hall–Kier alpha value is -3.06. The van der Waals surface area contributed by atoms with Gasteiger partial charge in [-0.15, -0.1) is 0 Å². The van der Waals surface area contributed by atoms with Crippen molar-refractivity contribution in [3.05, 3.63) is 59.7 Å². The first-order valence-electron chi connectivity index (χ1n) is 8.86. The summed E-state index contributed by atoms with van der Waals surface area (Å²) < 4.78 is 65.6. The predicted octanol–water partition coefficient (Wildman–Crippen LogP) is 3.49. The highest BCUT2D eigenvalue weighted by Crippen LogP contribution is 2.25. The van der Waals surface area contributed by atoms with Crippen LogP contribution in [0.5, 0.6) is 5.75 Å². The normalized spacial score (nSPS) is 11.5. The number of ether oxygens (including phenoxy) is 1. The number of sulfone groups is 1. The fraction of sp³-hybridized carbons (Fsp3) is 0.300. The van der Waals surface area contributed by atoms with Gasteiger partial charge in [0.1, 0.15) is 17.6 Å². The number of amides is 1. The average Bonchev–Trinajstić information content (AvgIpc) is 2.66. The molecule has 0 saturated carbocycles. The summed E-state index contributed by atoms with van der Waals surface area (Å²) in [5.41, 5.74) is 0.854. The lowest BCUT2D eigenvalue weighted by molar-refractivity contribution is -0.153. The van der Waals surface area contributed by atoms with Gasteiger partial charge < -0.3 is 10.1 Å². The summed E-state index contributed by atoms with van der Waals surface area (Å²) in [5.74, 6) is -2.00. The standard InChI is InChI=1S/C20H19F3N2O4S/c21-20(22,23)14-29-18-9-8-17(11-16(18)12-24)25-19(26)13-30(27,28)10-4-7-15-5-2-1-3-6-15/h1-3,5-6,8-9,11H,4,7,10,13-14H2,(H,25,26). The van der Waals surface area contributed by atoms with E-state index < -0.39 is 34.3 Å². The first kappa shape index (κ1) is 23.2. The van der Waals surface area contributed by atoms with Crippen LogP contribution in [0.3, 0.4) is 0 Å². The van der Waals surface area contributed by atoms with Crippen LogP contribution in [0.4, 0.5) is 18.9 Å². The molecule has 1 N–H and O–H groups in total. The second-order valence-electron chi connectivity index (χ2n) is 6.46. The van der Waals surface area contributed by atoms with Crippen molar-refractivity contribution in [2.24, 2.45) is 0 Å². The number of carbonyl (C=O) groups excluding carboxylic acids is 1. The molecule has 0 unspecified atom stereocenters. The summed E-state index contributed by atoms with van der Waals surface area (Å²) in [7, 11) is -3.65. The van der Waals surface area contributed by atoms with E-state index >= 15 is 0 Å². The second kappa shape index (κ2) is 10.1. The van der Waals surface area contributed by atoms with Crippen LogP contribution in [0.15, 0.2) is 48.5 Å². The van der Waals surface area contributed by atoms with Gasteiger partial charge in [-0.2, -0.15) is 18.4 Å². The number of hydrogen-bond acceptors (Lipinski definition) is 5. The molecule has 0 heterocycles. The lowest BCUT2D eigenvalue weighted by Gasteiger charge is -2.12. The fourth-order valence-electron chi connectivity index (χ4n) is 2.59. The van der Waals surface area contributed by atoms with Gasteiger partial charge in [0.15, 0.2) is 16.4 Å². The van der Waals surface area contributed by atoms with Crippen LogP contribution >= 0.6 is 0 Å². The SMILES string of the molecule is N#Cc1cc(NC(=O)CS(=O)(=O)CCCc2ccccc2)ccc1OCC(F)(F)F. The van der Waals surface area contributed by atoms with Crippen LogP contribution in [-0.4, -0.2) is 38.6 Å². The summed E-state index contributed by atoms with van der Waals surface area (Å²) in [6.45, 7) is -1.56. The summed E-state index contributed by atoms with van der Waals surface area (Å²) in [6, 6.07) is 14.5. The van der Waals surface area contributed by atoms with E-state index in [1.807, 2.05) is 30.3 Å². The van der Waals surface area contributed by atoms with E-state index in [9.17, 15) is 26.4 Å². The van der Waals surface area contributed by atoms with Crippen molar-refractivity contribution in [3.63, 3.8) is 0 Å². The summed E-state index contributed by atoms with van der Waals surface area (Å²) >= 11 is 0. The highest BCUT2D eigenvalue weighted by Gasteiger charge is 2.29. The predicted molar refractivity (Wildman–Crippen MR) is 105 cm³/mol. The summed E-state index contributed by atoms with van der Waals surface area (Å²) in [4.78, 5) is 12.0. The van der Waals surface area contributed by atoms with Crippen LogP contribution in [0.1, 0.15) is 17.5 Å². The van der Waals surface area contributed by atoms with E-state index in [1.165, 1.54) is 6.07 Å². The van der Waals surface area contributed by atoms with Crippen molar-refractivity contribution >= 4 is 21.4 Å². The quantitative estimate of drug-likeness (QED) is 0.644. The minimum absolute atomic E-state index is 0.0791. The maximum atomic E-state index is 12.2. The lowest BCUT2D eigenvalue weighted by Crippen LogP contribution is -2.25. The number of halogens is 3. The van der Waals surface area contributed by atoms with Gasteiger partial charge >= 0.3 is 6.18 Å². The van der Waals surface area contributed by atoms with Gasteiger partial charge in [-0.05, 0) is 36.6 Å². The molecule has 2 aromatic rings. The van der Waals surface area contributed by atoms with E-state index in [0.717, 1.165) is 17.7 Å². The van der Waals surface area contributed by atoms with Crippen LogP contribution < -0.4 is 10.1 Å². The van der Waals surface area contributed by atoms with E-state index in [1.54, 1.807) is 6.07 Å². The monoisotopic (exact) mass is 440 g/mol. The molecule has 0 aliphatic heterocycles. The second-order valence-corrected chi connectivity index (χ2v) is 8.64. The Morgan fingerprint density at radius 2 is 1.83 bits per heavy atom. The molecular formula is C20H19F3N2O4S. The molecule has 0 aromatic heterocycles. The van der Waals surface area contributed by atoms with Crippen molar-refractivity contribution in [1.82, 2.24) is 0 Å². The zero-order valence-corrected chi connectivity index (χ0v) is 16.6. The molecule has 2 aromatic carbocycles. The minimum atomic E-state index is -4.56. The third kappa shape index (κ3) is 8.13. The molecule has 1 amide bonds. The number of rotatable bonds is 9. The Balaban J connectivity index is 1.90. The maximum Gasteiger partial charge on any atom is 0.422 e. The zero-order valence-electron chi connectivity index (χ0n) is 15.8. The summed E-state index contributed by atoms with van der Waals surface area (Å²) in [6.07, 6.45) is -3.63. The third-order valence-electron chi connectivity index (χ3n) is 3.89. The van der Waals surface area contributed by atoms with Crippen molar-refractivity contribution in [3.8, 4) is 11.8 Å². The molecule has 0 bridgehead atoms. The van der Waals surface area contributed by atoms with Crippen molar-refractivity contribution in [2.75, 3.05) is 23.4 Å². The number of benzene rings is 2. The number of hydrogen-bond donors (Lipinski definition) is 1. The lowest BCUT2D eigenvalue weighted by atomic mass is 10.1. The Morgan fingerprint density at radius 3 is 2.47 bits per heavy atom. The van der Waals surface area contributed by atoms with Crippen LogP contribution in [0.2, 0.25) is 0 Å². The average molecular weight is 440 g/mol. The number of anilines is 1. The molecule has 160 valence electrons. The van der Waals surface area contributed by atoms with Crippen molar-refractivity contribution in [2.45, 2.75) is 19.0 Å². The molecule has 0 aliphatic rings. The van der Waals surface area contributed by atoms with Gasteiger partial charge in [-0.1, -0.05) is 30.3 Å². The van der Waals surface area contributed by atoms with Crippen LogP contribution in [0, 0.1) is 11.3 Å². The third-order valence-corrected chi connectivity index (χ3v) is 5.50. The fourth-order valence-corrected chi connectivity index (χ4v) is 3.79. The molecule has 0 fully saturated rings. The summed E-state index contributed by atoms with van der Waals surface area (Å²) in [5, 5.41) is 11.4. The molecule has 2 rings (SSSR count). The van der Waals surface area contributed by atoms with Gasteiger partial charge in [0.2, 0.25) is 5.91 Å². The zero-order chi connectivity index (χ0) is 22.2. The van der Waals surface area contributed by atoms with E-state index in [-0.39, 0.29) is 22.8 Å². The number of nitrogens with one attached hydrogen (secondary N) is 1. The van der Waals surface area contributed by atoms with Gasteiger partial charge in [0.25, 0.3) is 0 Å². The number of alkyl halides is 3. The highest BCUT2D eigenvalue weighted by atomic mass is 32.2. The number of nitriles is 1. The largest absolute Gasteiger partial charge is 0.483 e. The number of aryl methyl sites for hydroxylation is 1. The van der Waals surface area contributed by atoms with Crippen molar-refractivity contribution in [1.29, 1.82) is 5.26 Å². The van der Waals surface area contributed by atoms with E-state index in [0.29, 0.717) is 12.8 Å². The molecule has 0 saturated heterocycles. The van der Waals surface area contributed by atoms with Gasteiger partial charge in [0.05, 0.1) is 11.3 Å². The first-order valence-corrected chi connectivity index (χ1v) is 10.7. The Labute approximate surface area is 172 Å². The maximum absolute atomic E-state index is 12.2. The first-order chi connectivity index (χ1) is 14.1. The Kier molecular flexibility index (Phi) is 7.83. The Morgan fingerprint density at radius 1 is 1.13 bits per heavy atom. The molecule has 10 heteroatoms. The molecule has 30 heavy (non-hydrogen) atoms. The molecular weight excluding hydrogens is 421 g/mol.